The first-order chi connectivity index (χ1) is 16.9. The molecule has 2 aliphatic heterocycles. The molecule has 2 fully saturated rings. The number of morpholine rings is 1. The van der Waals surface area contributed by atoms with Crippen molar-refractivity contribution < 1.29 is 28.6 Å². The first kappa shape index (κ1) is 24.8. The van der Waals surface area contributed by atoms with Gasteiger partial charge in [0.15, 0.2) is 11.5 Å². The predicted molar refractivity (Wildman–Crippen MR) is 133 cm³/mol. The lowest BCUT2D eigenvalue weighted by atomic mass is 10.1. The molecule has 2 saturated heterocycles. The second-order valence-electron chi connectivity index (χ2n) is 8.18. The van der Waals surface area contributed by atoms with Crippen LogP contribution < -0.4 is 9.47 Å². The maximum atomic E-state index is 12.9. The number of ether oxygens (including phenoxy) is 3. The molecule has 9 heteroatoms. The number of nitrogens with zero attached hydrogens (tertiary/aromatic N) is 2. The number of thioether (sulfide) groups is 1. The molecule has 8 nitrogen and oxygen atoms in total. The van der Waals surface area contributed by atoms with Gasteiger partial charge >= 0.3 is 0 Å². The Hall–Kier alpha value is -3.30. The van der Waals surface area contributed by atoms with E-state index in [1.54, 1.807) is 29.2 Å². The van der Waals surface area contributed by atoms with Gasteiger partial charge in [0.1, 0.15) is 13.2 Å². The molecule has 0 aromatic heterocycles. The lowest BCUT2D eigenvalue weighted by Gasteiger charge is -2.28. The SMILES string of the molecule is CCOc1cc(/C=C2\SC(=O)N(CC(=O)N3CCOCC3)C2=O)ccc1OCc1cccc(C)c1. The minimum absolute atomic E-state index is 0.259. The Kier molecular flexibility index (Phi) is 8.09. The monoisotopic (exact) mass is 496 g/mol. The van der Waals surface area contributed by atoms with Gasteiger partial charge in [-0.25, -0.2) is 0 Å². The number of benzene rings is 2. The summed E-state index contributed by atoms with van der Waals surface area (Å²) >= 11 is 0.829. The van der Waals surface area contributed by atoms with Crippen LogP contribution in [-0.4, -0.2) is 66.3 Å². The van der Waals surface area contributed by atoms with Gasteiger partial charge in [0.2, 0.25) is 5.91 Å². The molecule has 4 rings (SSSR count). The summed E-state index contributed by atoms with van der Waals surface area (Å²) in [5, 5.41) is -0.453. The minimum Gasteiger partial charge on any atom is -0.490 e. The van der Waals surface area contributed by atoms with Crippen LogP contribution in [0.1, 0.15) is 23.6 Å². The van der Waals surface area contributed by atoms with Gasteiger partial charge in [-0.05, 0) is 54.9 Å². The molecule has 0 bridgehead atoms. The summed E-state index contributed by atoms with van der Waals surface area (Å²) in [6.07, 6.45) is 1.64. The third-order valence-electron chi connectivity index (χ3n) is 5.57. The zero-order valence-corrected chi connectivity index (χ0v) is 20.6. The van der Waals surface area contributed by atoms with Gasteiger partial charge in [-0.1, -0.05) is 35.9 Å². The van der Waals surface area contributed by atoms with Gasteiger partial charge < -0.3 is 19.1 Å². The maximum Gasteiger partial charge on any atom is 0.294 e. The average molecular weight is 497 g/mol. The lowest BCUT2D eigenvalue weighted by molar-refractivity contribution is -0.139. The fraction of sp³-hybridized carbons (Fsp3) is 0.346. The quantitative estimate of drug-likeness (QED) is 0.513. The van der Waals surface area contributed by atoms with Crippen LogP contribution in [0.2, 0.25) is 0 Å². The molecule has 0 N–H and O–H groups in total. The second kappa shape index (κ2) is 11.4. The molecule has 0 radical (unpaired) electrons. The number of aryl methyl sites for hydroxylation is 1. The van der Waals surface area contributed by atoms with Crippen LogP contribution in [0.5, 0.6) is 11.5 Å². The van der Waals surface area contributed by atoms with Crippen LogP contribution in [0.25, 0.3) is 6.08 Å². The molecule has 0 aliphatic carbocycles. The van der Waals surface area contributed by atoms with E-state index in [2.05, 4.69) is 6.07 Å². The molecule has 2 heterocycles. The predicted octanol–water partition coefficient (Wildman–Crippen LogP) is 3.87. The first-order valence-electron chi connectivity index (χ1n) is 11.5. The van der Waals surface area contributed by atoms with Crippen molar-refractivity contribution in [3.8, 4) is 11.5 Å². The summed E-state index contributed by atoms with van der Waals surface area (Å²) in [4.78, 5) is 40.7. The number of hydrogen-bond donors (Lipinski definition) is 0. The Morgan fingerprint density at radius 1 is 1.09 bits per heavy atom. The highest BCUT2D eigenvalue weighted by atomic mass is 32.2. The maximum absolute atomic E-state index is 12.9. The van der Waals surface area contributed by atoms with Crippen molar-refractivity contribution in [1.29, 1.82) is 0 Å². The molecule has 184 valence electrons. The second-order valence-corrected chi connectivity index (χ2v) is 9.17. The van der Waals surface area contributed by atoms with E-state index in [-0.39, 0.29) is 17.4 Å². The average Bonchev–Trinajstić information content (AvgIpc) is 3.11. The van der Waals surface area contributed by atoms with Crippen LogP contribution in [-0.2, 0) is 20.9 Å². The molecule has 2 aromatic carbocycles. The van der Waals surface area contributed by atoms with Gasteiger partial charge in [-0.15, -0.1) is 0 Å². The number of rotatable bonds is 8. The van der Waals surface area contributed by atoms with Gasteiger partial charge in [-0.3, -0.25) is 19.3 Å². The van der Waals surface area contributed by atoms with E-state index >= 15 is 0 Å². The smallest absolute Gasteiger partial charge is 0.294 e. The van der Waals surface area contributed by atoms with Crippen LogP contribution in [0, 0.1) is 6.92 Å². The van der Waals surface area contributed by atoms with Gasteiger partial charge in [0.25, 0.3) is 11.1 Å². The van der Waals surface area contributed by atoms with Gasteiger partial charge in [0.05, 0.1) is 24.7 Å². The first-order valence-corrected chi connectivity index (χ1v) is 12.3. The summed E-state index contributed by atoms with van der Waals surface area (Å²) in [6, 6.07) is 13.5. The van der Waals surface area contributed by atoms with Crippen molar-refractivity contribution in [2.75, 3.05) is 39.5 Å². The number of hydrogen-bond acceptors (Lipinski definition) is 7. The third-order valence-corrected chi connectivity index (χ3v) is 6.48. The van der Waals surface area contributed by atoms with Crippen molar-refractivity contribution in [3.05, 3.63) is 64.1 Å². The van der Waals surface area contributed by atoms with Crippen LogP contribution in [0.3, 0.4) is 0 Å². The zero-order valence-electron chi connectivity index (χ0n) is 19.8. The minimum atomic E-state index is -0.473. The van der Waals surface area contributed by atoms with Crippen molar-refractivity contribution >= 4 is 34.9 Å². The number of imide groups is 1. The Balaban J connectivity index is 1.46. The topological polar surface area (TPSA) is 85.4 Å². The molecule has 3 amide bonds. The number of carbonyl (C=O) groups is 3. The zero-order chi connectivity index (χ0) is 24.8. The van der Waals surface area contributed by atoms with Crippen molar-refractivity contribution in [2.45, 2.75) is 20.5 Å². The summed E-state index contributed by atoms with van der Waals surface area (Å²) in [7, 11) is 0. The Bertz CT molecular complexity index is 1140. The molecule has 0 atom stereocenters. The van der Waals surface area contributed by atoms with E-state index in [0.717, 1.165) is 27.8 Å². The summed E-state index contributed by atoms with van der Waals surface area (Å²) in [6.45, 7) is 6.34. The summed E-state index contributed by atoms with van der Waals surface area (Å²) < 4.78 is 17.0. The molecule has 0 unspecified atom stereocenters. The Morgan fingerprint density at radius 2 is 1.89 bits per heavy atom. The summed E-state index contributed by atoms with van der Waals surface area (Å²) in [5.74, 6) is 0.412. The molecular formula is C26H28N2O6S. The molecule has 0 spiro atoms. The van der Waals surface area contributed by atoms with Crippen molar-refractivity contribution in [3.63, 3.8) is 0 Å². The molecular weight excluding hydrogens is 468 g/mol. The Morgan fingerprint density at radius 3 is 2.63 bits per heavy atom. The third kappa shape index (κ3) is 6.23. The van der Waals surface area contributed by atoms with E-state index in [9.17, 15) is 14.4 Å². The normalized spacial score (nSPS) is 17.3. The fourth-order valence-corrected chi connectivity index (χ4v) is 4.64. The largest absolute Gasteiger partial charge is 0.490 e. The van der Waals surface area contributed by atoms with E-state index < -0.39 is 11.1 Å². The van der Waals surface area contributed by atoms with E-state index in [0.29, 0.717) is 56.6 Å². The number of carbonyl (C=O) groups excluding carboxylic acids is 3. The molecule has 35 heavy (non-hydrogen) atoms. The fourth-order valence-electron chi connectivity index (χ4n) is 3.80. The van der Waals surface area contributed by atoms with E-state index in [1.807, 2.05) is 32.0 Å². The highest BCUT2D eigenvalue weighted by Gasteiger charge is 2.37. The molecule has 0 saturated carbocycles. The molecule has 2 aromatic rings. The van der Waals surface area contributed by atoms with Crippen LogP contribution in [0.4, 0.5) is 4.79 Å². The highest BCUT2D eigenvalue weighted by Crippen LogP contribution is 2.35. The van der Waals surface area contributed by atoms with E-state index in [1.165, 1.54) is 0 Å². The highest BCUT2D eigenvalue weighted by molar-refractivity contribution is 8.18. The lowest BCUT2D eigenvalue weighted by Crippen LogP contribution is -2.46. The van der Waals surface area contributed by atoms with Crippen molar-refractivity contribution in [1.82, 2.24) is 9.80 Å². The molecule has 2 aliphatic rings. The van der Waals surface area contributed by atoms with Crippen molar-refractivity contribution in [2.24, 2.45) is 0 Å². The van der Waals surface area contributed by atoms with Crippen LogP contribution >= 0.6 is 11.8 Å². The van der Waals surface area contributed by atoms with Gasteiger partial charge in [0, 0.05) is 13.1 Å². The Labute approximate surface area is 208 Å². The summed E-state index contributed by atoms with van der Waals surface area (Å²) in [5.41, 5.74) is 2.91. The standard InChI is InChI=1S/C26H28N2O6S/c1-3-33-22-14-19(7-8-21(22)34-17-20-6-4-5-18(2)13-20)15-23-25(30)28(26(31)35-23)16-24(29)27-9-11-32-12-10-27/h4-8,13-15H,3,9-12,16-17H2,1-2H3/b23-15-. The number of amides is 3. The van der Waals surface area contributed by atoms with Gasteiger partial charge in [-0.2, -0.15) is 0 Å². The van der Waals surface area contributed by atoms with Crippen LogP contribution in [0.15, 0.2) is 47.4 Å². The van der Waals surface area contributed by atoms with E-state index in [4.69, 9.17) is 14.2 Å².